The number of amides is 1. The van der Waals surface area contributed by atoms with Crippen LogP contribution in [-0.4, -0.2) is 39.6 Å². The molecule has 0 spiro atoms. The average molecular weight is 263 g/mol. The quantitative estimate of drug-likeness (QED) is 0.852. The number of phenols is 1. The number of carboxylic acids is 1. The molecule has 2 rings (SSSR count). The Morgan fingerprint density at radius 2 is 2.05 bits per heavy atom. The van der Waals surface area contributed by atoms with Crippen molar-refractivity contribution >= 4 is 11.9 Å². The molecule has 1 aliphatic rings. The van der Waals surface area contributed by atoms with Crippen LogP contribution in [0.1, 0.15) is 35.2 Å². The molecule has 1 atom stereocenters. The molecular formula is C14H17NO4. The van der Waals surface area contributed by atoms with Crippen LogP contribution >= 0.6 is 0 Å². The maximum atomic E-state index is 12.4. The molecule has 0 radical (unpaired) electrons. The average Bonchev–Trinajstić information content (AvgIpc) is 2.41. The summed E-state index contributed by atoms with van der Waals surface area (Å²) in [4.78, 5) is 25.0. The van der Waals surface area contributed by atoms with Gasteiger partial charge in [-0.2, -0.15) is 0 Å². The number of carbonyl (C=O) groups excluding carboxylic acids is 1. The summed E-state index contributed by atoms with van der Waals surface area (Å²) in [5, 5.41) is 18.8. The number of aromatic hydroxyl groups is 1. The number of hydrogen-bond acceptors (Lipinski definition) is 3. The third kappa shape index (κ3) is 2.54. The summed E-state index contributed by atoms with van der Waals surface area (Å²) in [5.74, 6) is -1.24. The van der Waals surface area contributed by atoms with Gasteiger partial charge in [0, 0.05) is 17.7 Å². The number of rotatable bonds is 2. The first-order chi connectivity index (χ1) is 9.02. The van der Waals surface area contributed by atoms with Crippen LogP contribution in [0.15, 0.2) is 18.2 Å². The molecule has 0 aliphatic carbocycles. The minimum Gasteiger partial charge on any atom is -0.508 e. The fourth-order valence-corrected chi connectivity index (χ4v) is 2.44. The van der Waals surface area contributed by atoms with Crippen molar-refractivity contribution < 1.29 is 19.8 Å². The van der Waals surface area contributed by atoms with Crippen molar-refractivity contribution in [3.63, 3.8) is 0 Å². The van der Waals surface area contributed by atoms with Crippen LogP contribution in [-0.2, 0) is 4.79 Å². The summed E-state index contributed by atoms with van der Waals surface area (Å²) in [6, 6.07) is 3.96. The highest BCUT2D eigenvalue weighted by atomic mass is 16.4. The van der Waals surface area contributed by atoms with Gasteiger partial charge < -0.3 is 15.1 Å². The minimum absolute atomic E-state index is 0.0507. The third-order valence-corrected chi connectivity index (χ3v) is 3.58. The molecule has 102 valence electrons. The molecule has 0 aromatic heterocycles. The second-order valence-corrected chi connectivity index (χ2v) is 4.80. The maximum Gasteiger partial charge on any atom is 0.326 e. The Labute approximate surface area is 111 Å². The van der Waals surface area contributed by atoms with Crippen LogP contribution in [0.3, 0.4) is 0 Å². The van der Waals surface area contributed by atoms with Crippen molar-refractivity contribution in [2.45, 2.75) is 32.2 Å². The zero-order chi connectivity index (χ0) is 14.0. The molecule has 19 heavy (non-hydrogen) atoms. The molecule has 1 aromatic rings. The van der Waals surface area contributed by atoms with E-state index in [-0.39, 0.29) is 11.7 Å². The molecule has 1 fully saturated rings. The lowest BCUT2D eigenvalue weighted by molar-refractivity contribution is -0.143. The Balaban J connectivity index is 2.31. The summed E-state index contributed by atoms with van der Waals surface area (Å²) in [6.07, 6.45) is 2.12. The minimum atomic E-state index is -0.967. The molecule has 0 unspecified atom stereocenters. The maximum absolute atomic E-state index is 12.4. The summed E-state index contributed by atoms with van der Waals surface area (Å²) in [5.41, 5.74) is 0.857. The highest BCUT2D eigenvalue weighted by molar-refractivity contribution is 5.98. The Morgan fingerprint density at radius 1 is 1.32 bits per heavy atom. The van der Waals surface area contributed by atoms with E-state index in [1.165, 1.54) is 11.0 Å². The second-order valence-electron chi connectivity index (χ2n) is 4.80. The van der Waals surface area contributed by atoms with Crippen molar-refractivity contribution in [3.05, 3.63) is 29.3 Å². The third-order valence-electron chi connectivity index (χ3n) is 3.58. The van der Waals surface area contributed by atoms with Crippen LogP contribution in [0.4, 0.5) is 0 Å². The van der Waals surface area contributed by atoms with Crippen molar-refractivity contribution in [2.24, 2.45) is 0 Å². The number of nitrogens with zero attached hydrogens (tertiary/aromatic N) is 1. The summed E-state index contributed by atoms with van der Waals surface area (Å²) in [7, 11) is 0. The molecule has 1 saturated heterocycles. The first kappa shape index (κ1) is 13.4. The van der Waals surface area contributed by atoms with E-state index in [0.29, 0.717) is 24.1 Å². The van der Waals surface area contributed by atoms with Gasteiger partial charge in [-0.15, -0.1) is 0 Å². The Morgan fingerprint density at radius 3 is 2.74 bits per heavy atom. The highest BCUT2D eigenvalue weighted by Gasteiger charge is 2.33. The van der Waals surface area contributed by atoms with Crippen molar-refractivity contribution in [1.29, 1.82) is 0 Å². The van der Waals surface area contributed by atoms with E-state index >= 15 is 0 Å². The van der Waals surface area contributed by atoms with Crippen molar-refractivity contribution in [3.8, 4) is 5.75 Å². The molecule has 0 saturated carbocycles. The van der Waals surface area contributed by atoms with E-state index in [2.05, 4.69) is 0 Å². The van der Waals surface area contributed by atoms with Crippen LogP contribution < -0.4 is 0 Å². The van der Waals surface area contributed by atoms with Gasteiger partial charge >= 0.3 is 5.97 Å². The van der Waals surface area contributed by atoms with E-state index in [4.69, 9.17) is 0 Å². The van der Waals surface area contributed by atoms with Crippen LogP contribution in [0.5, 0.6) is 5.75 Å². The monoisotopic (exact) mass is 263 g/mol. The summed E-state index contributed by atoms with van der Waals surface area (Å²) >= 11 is 0. The fraction of sp³-hybridized carbons (Fsp3) is 0.429. The first-order valence-corrected chi connectivity index (χ1v) is 6.34. The van der Waals surface area contributed by atoms with E-state index in [1.807, 2.05) is 0 Å². The van der Waals surface area contributed by atoms with Crippen molar-refractivity contribution in [1.82, 2.24) is 4.90 Å². The number of hydrogen-bond donors (Lipinski definition) is 2. The number of likely N-dealkylation sites (tertiary alicyclic amines) is 1. The lowest BCUT2D eigenvalue weighted by Gasteiger charge is -2.33. The van der Waals surface area contributed by atoms with E-state index in [9.17, 15) is 19.8 Å². The van der Waals surface area contributed by atoms with Gasteiger partial charge in [0.05, 0.1) is 0 Å². The molecule has 1 aliphatic heterocycles. The number of benzene rings is 1. The summed E-state index contributed by atoms with van der Waals surface area (Å²) < 4.78 is 0. The number of carboxylic acid groups (broad SMARTS) is 1. The lowest BCUT2D eigenvalue weighted by Crippen LogP contribution is -2.48. The number of phenolic OH excluding ortho intramolecular Hbond substituents is 1. The van der Waals surface area contributed by atoms with E-state index < -0.39 is 12.0 Å². The zero-order valence-corrected chi connectivity index (χ0v) is 10.8. The molecule has 1 amide bonds. The number of aliphatic carboxylic acids is 1. The molecule has 0 bridgehead atoms. The van der Waals surface area contributed by atoms with Gasteiger partial charge in [0.25, 0.3) is 5.91 Å². The van der Waals surface area contributed by atoms with Crippen LogP contribution in [0, 0.1) is 6.92 Å². The van der Waals surface area contributed by atoms with Gasteiger partial charge in [-0.05, 0) is 38.3 Å². The van der Waals surface area contributed by atoms with Crippen LogP contribution in [0.2, 0.25) is 0 Å². The van der Waals surface area contributed by atoms with Gasteiger partial charge in [-0.25, -0.2) is 4.79 Å². The number of piperidine rings is 1. The molecule has 1 aromatic carbocycles. The lowest BCUT2D eigenvalue weighted by atomic mass is 9.99. The topological polar surface area (TPSA) is 77.8 Å². The zero-order valence-electron chi connectivity index (χ0n) is 10.8. The predicted octanol–water partition coefficient (Wildman–Crippen LogP) is 1.78. The molecule has 2 N–H and O–H groups in total. The second kappa shape index (κ2) is 5.30. The smallest absolute Gasteiger partial charge is 0.326 e. The van der Waals surface area contributed by atoms with Crippen LogP contribution in [0.25, 0.3) is 0 Å². The molecule has 1 heterocycles. The Bertz CT molecular complexity index is 512. The van der Waals surface area contributed by atoms with Crippen molar-refractivity contribution in [2.75, 3.05) is 6.54 Å². The normalized spacial score (nSPS) is 19.2. The van der Waals surface area contributed by atoms with Gasteiger partial charge in [-0.1, -0.05) is 6.07 Å². The Kier molecular flexibility index (Phi) is 3.74. The van der Waals surface area contributed by atoms with Gasteiger partial charge in [-0.3, -0.25) is 4.79 Å². The molecule has 5 nitrogen and oxygen atoms in total. The molecule has 5 heteroatoms. The Hall–Kier alpha value is -2.04. The van der Waals surface area contributed by atoms with Gasteiger partial charge in [0.15, 0.2) is 0 Å². The summed E-state index contributed by atoms with van der Waals surface area (Å²) in [6.45, 7) is 2.10. The first-order valence-electron chi connectivity index (χ1n) is 6.34. The SMILES string of the molecule is Cc1c(O)cccc1C(=O)N1CCCC[C@@H]1C(=O)O. The predicted molar refractivity (Wildman–Crippen MR) is 69.2 cm³/mol. The fourth-order valence-electron chi connectivity index (χ4n) is 2.44. The highest BCUT2D eigenvalue weighted by Crippen LogP contribution is 2.24. The van der Waals surface area contributed by atoms with Gasteiger partial charge in [0.1, 0.15) is 11.8 Å². The number of carbonyl (C=O) groups is 2. The van der Waals surface area contributed by atoms with E-state index in [0.717, 1.165) is 12.8 Å². The van der Waals surface area contributed by atoms with Gasteiger partial charge in [0.2, 0.25) is 0 Å². The largest absolute Gasteiger partial charge is 0.508 e. The standard InChI is InChI=1S/C14H17NO4/c1-9-10(5-4-7-12(9)16)13(17)15-8-3-2-6-11(15)14(18)19/h4-5,7,11,16H,2-3,6,8H2,1H3,(H,18,19)/t11-/m1/s1. The molecular weight excluding hydrogens is 246 g/mol. The van der Waals surface area contributed by atoms with E-state index in [1.54, 1.807) is 19.1 Å².